The summed E-state index contributed by atoms with van der Waals surface area (Å²) in [5, 5.41) is 3.24. The smallest absolute Gasteiger partial charge is 0.312 e. The fourth-order valence-electron chi connectivity index (χ4n) is 6.93. The second-order valence-corrected chi connectivity index (χ2v) is 10.2. The Labute approximate surface area is 173 Å². The van der Waals surface area contributed by atoms with E-state index in [4.69, 9.17) is 0 Å². The van der Waals surface area contributed by atoms with Crippen molar-refractivity contribution in [3.8, 4) is 0 Å². The fourth-order valence-corrected chi connectivity index (χ4v) is 6.93. The van der Waals surface area contributed by atoms with Crippen LogP contribution in [-0.4, -0.2) is 48.4 Å². The number of carbonyl (C=O) groups is 2. The summed E-state index contributed by atoms with van der Waals surface area (Å²) in [4.78, 5) is 29.8. The van der Waals surface area contributed by atoms with Gasteiger partial charge in [-0.25, -0.2) is 0 Å². The molecule has 5 fully saturated rings. The SMILES string of the molecule is Cc1cccc(N2CCN(C(=O)C(=O)NC34CC5CC(CC(C5)C3)C4)CC2)c1C. The summed E-state index contributed by atoms with van der Waals surface area (Å²) >= 11 is 0. The molecule has 2 amide bonds. The number of aryl methyl sites for hydroxylation is 1. The first kappa shape index (κ1) is 19.0. The molecular weight excluding hydrogens is 362 g/mol. The van der Waals surface area contributed by atoms with E-state index < -0.39 is 0 Å². The maximum absolute atomic E-state index is 12.9. The molecule has 0 radical (unpaired) electrons. The average Bonchev–Trinajstić information content (AvgIpc) is 2.68. The van der Waals surface area contributed by atoms with Gasteiger partial charge in [-0.2, -0.15) is 0 Å². The van der Waals surface area contributed by atoms with E-state index in [-0.39, 0.29) is 17.4 Å². The van der Waals surface area contributed by atoms with Gasteiger partial charge in [-0.3, -0.25) is 9.59 Å². The van der Waals surface area contributed by atoms with Gasteiger partial charge in [0.1, 0.15) is 0 Å². The summed E-state index contributed by atoms with van der Waals surface area (Å²) in [6, 6.07) is 6.38. The summed E-state index contributed by atoms with van der Waals surface area (Å²) in [6.45, 7) is 7.07. The Morgan fingerprint density at radius 1 is 0.931 bits per heavy atom. The van der Waals surface area contributed by atoms with E-state index in [0.29, 0.717) is 13.1 Å². The van der Waals surface area contributed by atoms with E-state index >= 15 is 0 Å². The zero-order chi connectivity index (χ0) is 20.2. The molecule has 1 heterocycles. The van der Waals surface area contributed by atoms with E-state index in [1.54, 1.807) is 4.90 Å². The maximum atomic E-state index is 12.9. The quantitative estimate of drug-likeness (QED) is 0.783. The highest BCUT2D eigenvalue weighted by atomic mass is 16.2. The van der Waals surface area contributed by atoms with E-state index in [9.17, 15) is 9.59 Å². The number of nitrogens with zero attached hydrogens (tertiary/aromatic N) is 2. The minimum atomic E-state index is -0.368. The number of amides is 2. The molecule has 6 rings (SSSR count). The van der Waals surface area contributed by atoms with Gasteiger partial charge in [-0.15, -0.1) is 0 Å². The summed E-state index contributed by atoms with van der Waals surface area (Å²) in [7, 11) is 0. The van der Waals surface area contributed by atoms with Crippen LogP contribution in [0.3, 0.4) is 0 Å². The van der Waals surface area contributed by atoms with Crippen molar-refractivity contribution >= 4 is 17.5 Å². The number of piperazine rings is 1. The first-order valence-corrected chi connectivity index (χ1v) is 11.3. The van der Waals surface area contributed by atoms with Crippen LogP contribution in [0.4, 0.5) is 5.69 Å². The predicted molar refractivity (Wildman–Crippen MR) is 114 cm³/mol. The van der Waals surface area contributed by atoms with Crippen molar-refractivity contribution in [1.29, 1.82) is 0 Å². The van der Waals surface area contributed by atoms with Gasteiger partial charge >= 0.3 is 11.8 Å². The zero-order valence-electron chi connectivity index (χ0n) is 17.7. The molecule has 4 bridgehead atoms. The third-order valence-corrected chi connectivity index (χ3v) is 8.09. The van der Waals surface area contributed by atoms with E-state index in [0.717, 1.165) is 50.1 Å². The van der Waals surface area contributed by atoms with Crippen LogP contribution in [-0.2, 0) is 9.59 Å². The molecule has 5 aliphatic rings. The molecule has 1 aromatic rings. The van der Waals surface area contributed by atoms with Gasteiger partial charge in [-0.1, -0.05) is 12.1 Å². The number of hydrogen-bond acceptors (Lipinski definition) is 3. The molecular formula is C24H33N3O2. The van der Waals surface area contributed by atoms with Crippen LogP contribution in [0.5, 0.6) is 0 Å². The maximum Gasteiger partial charge on any atom is 0.312 e. The van der Waals surface area contributed by atoms with E-state index in [2.05, 4.69) is 42.3 Å². The van der Waals surface area contributed by atoms with Gasteiger partial charge in [0, 0.05) is 37.4 Å². The minimum Gasteiger partial charge on any atom is -0.368 e. The lowest BCUT2D eigenvalue weighted by molar-refractivity contribution is -0.149. The highest BCUT2D eigenvalue weighted by Gasteiger charge is 2.52. The van der Waals surface area contributed by atoms with Crippen molar-refractivity contribution in [2.45, 2.75) is 57.9 Å². The van der Waals surface area contributed by atoms with Gasteiger partial charge in [0.25, 0.3) is 0 Å². The Kier molecular flexibility index (Phi) is 4.60. The Bertz CT molecular complexity index is 790. The van der Waals surface area contributed by atoms with E-state index in [1.165, 1.54) is 36.1 Å². The van der Waals surface area contributed by atoms with Gasteiger partial charge in [-0.05, 0) is 87.3 Å². The number of benzene rings is 1. The van der Waals surface area contributed by atoms with Crippen LogP contribution in [0, 0.1) is 31.6 Å². The topological polar surface area (TPSA) is 52.7 Å². The minimum absolute atomic E-state index is 0.0952. The number of hydrogen-bond donors (Lipinski definition) is 1. The van der Waals surface area contributed by atoms with Gasteiger partial charge < -0.3 is 15.1 Å². The molecule has 0 atom stereocenters. The molecule has 5 nitrogen and oxygen atoms in total. The highest BCUT2D eigenvalue weighted by molar-refractivity contribution is 6.35. The number of nitrogens with one attached hydrogen (secondary N) is 1. The van der Waals surface area contributed by atoms with Crippen molar-refractivity contribution in [2.75, 3.05) is 31.1 Å². The van der Waals surface area contributed by atoms with E-state index in [1.807, 2.05) is 0 Å². The fraction of sp³-hybridized carbons (Fsp3) is 0.667. The van der Waals surface area contributed by atoms with Crippen molar-refractivity contribution in [2.24, 2.45) is 17.8 Å². The first-order valence-electron chi connectivity index (χ1n) is 11.3. The van der Waals surface area contributed by atoms with Crippen LogP contribution >= 0.6 is 0 Å². The molecule has 29 heavy (non-hydrogen) atoms. The normalized spacial score (nSPS) is 33.1. The molecule has 156 valence electrons. The number of rotatable bonds is 2. The molecule has 1 aliphatic heterocycles. The highest BCUT2D eigenvalue weighted by Crippen LogP contribution is 2.55. The monoisotopic (exact) mass is 395 g/mol. The molecule has 5 heteroatoms. The Morgan fingerprint density at radius 2 is 1.52 bits per heavy atom. The summed E-state index contributed by atoms with van der Waals surface area (Å²) < 4.78 is 0. The van der Waals surface area contributed by atoms with Crippen molar-refractivity contribution in [3.05, 3.63) is 29.3 Å². The third kappa shape index (κ3) is 3.43. The molecule has 0 unspecified atom stereocenters. The molecule has 0 aromatic heterocycles. The van der Waals surface area contributed by atoms with Crippen molar-refractivity contribution < 1.29 is 9.59 Å². The largest absolute Gasteiger partial charge is 0.368 e. The second-order valence-electron chi connectivity index (χ2n) is 10.2. The molecule has 1 saturated heterocycles. The first-order chi connectivity index (χ1) is 13.9. The summed E-state index contributed by atoms with van der Waals surface area (Å²) in [5.41, 5.74) is 3.74. The lowest BCUT2D eigenvalue weighted by Gasteiger charge is -2.56. The average molecular weight is 396 g/mol. The molecule has 0 spiro atoms. The summed E-state index contributed by atoms with van der Waals surface area (Å²) in [5.74, 6) is 1.58. The van der Waals surface area contributed by atoms with Crippen molar-refractivity contribution in [1.82, 2.24) is 10.2 Å². The number of carbonyl (C=O) groups excluding carboxylic acids is 2. The Hall–Kier alpha value is -2.04. The summed E-state index contributed by atoms with van der Waals surface area (Å²) in [6.07, 6.45) is 7.26. The third-order valence-electron chi connectivity index (χ3n) is 8.09. The number of anilines is 1. The predicted octanol–water partition coefficient (Wildman–Crippen LogP) is 3.04. The second kappa shape index (κ2) is 7.03. The van der Waals surface area contributed by atoms with Crippen molar-refractivity contribution in [3.63, 3.8) is 0 Å². The molecule has 1 aromatic carbocycles. The molecule has 4 aliphatic carbocycles. The molecule has 4 saturated carbocycles. The van der Waals surface area contributed by atoms with Gasteiger partial charge in [0.05, 0.1) is 0 Å². The standard InChI is InChI=1S/C24H33N3O2/c1-16-4-3-5-21(17(16)2)26-6-8-27(9-7-26)23(29)22(28)25-24-13-18-10-19(14-24)12-20(11-18)15-24/h3-5,18-20H,6-15H2,1-2H3,(H,25,28). The van der Waals surface area contributed by atoms with Crippen LogP contribution in [0.2, 0.25) is 0 Å². The molecule has 1 N–H and O–H groups in total. The zero-order valence-corrected chi connectivity index (χ0v) is 17.7. The van der Waals surface area contributed by atoms with Gasteiger partial charge in [0.2, 0.25) is 0 Å². The lowest BCUT2D eigenvalue weighted by Crippen LogP contribution is -2.62. The van der Waals surface area contributed by atoms with Crippen LogP contribution in [0.1, 0.15) is 49.7 Å². The van der Waals surface area contributed by atoms with Crippen LogP contribution in [0.25, 0.3) is 0 Å². The lowest BCUT2D eigenvalue weighted by atomic mass is 9.53. The Balaban J connectivity index is 1.20. The van der Waals surface area contributed by atoms with Crippen LogP contribution < -0.4 is 10.2 Å². The van der Waals surface area contributed by atoms with Gasteiger partial charge in [0.15, 0.2) is 0 Å². The Morgan fingerprint density at radius 3 is 2.10 bits per heavy atom. The van der Waals surface area contributed by atoms with Crippen LogP contribution in [0.15, 0.2) is 18.2 Å².